The zero-order chi connectivity index (χ0) is 40.4. The van der Waals surface area contributed by atoms with Gasteiger partial charge >= 0.3 is 24.3 Å². The van der Waals surface area contributed by atoms with E-state index in [1.807, 2.05) is 50.2 Å². The Kier molecular flexibility index (Phi) is 9.69. The predicted octanol–water partition coefficient (Wildman–Crippen LogP) is 11.3. The Labute approximate surface area is 321 Å². The molecule has 4 aromatic heterocycles. The molecule has 0 fully saturated rings. The highest BCUT2D eigenvalue weighted by Crippen LogP contribution is 2.42. The van der Waals surface area contributed by atoms with Crippen LogP contribution in [0.2, 0.25) is 0 Å². The third-order valence-corrected chi connectivity index (χ3v) is 11.5. The van der Waals surface area contributed by atoms with Crippen molar-refractivity contribution in [1.82, 2.24) is 19.1 Å². The molecule has 0 aliphatic heterocycles. The Hall–Kier alpha value is -5.74. The van der Waals surface area contributed by atoms with E-state index in [9.17, 15) is 46.1 Å². The monoisotopic (exact) mass is 808 g/mol. The van der Waals surface area contributed by atoms with Gasteiger partial charge in [0, 0.05) is 44.3 Å². The van der Waals surface area contributed by atoms with Gasteiger partial charge in [0.05, 0.1) is 31.6 Å². The molecule has 0 bridgehead atoms. The fraction of sp³-hybridized carbons (Fsp3) is 0.200. The average Bonchev–Trinajstić information content (AvgIpc) is 3.84. The van der Waals surface area contributed by atoms with E-state index >= 15 is 0 Å². The van der Waals surface area contributed by atoms with Crippen LogP contribution in [0.3, 0.4) is 0 Å². The molecular weight excluding hydrogens is 779 g/mol. The van der Waals surface area contributed by atoms with Gasteiger partial charge in [0.2, 0.25) is 0 Å². The van der Waals surface area contributed by atoms with Gasteiger partial charge in [0.25, 0.3) is 0 Å². The molecule has 8 nitrogen and oxygen atoms in total. The minimum absolute atomic E-state index is 0.200. The third-order valence-electron chi connectivity index (χ3n) is 9.40. The summed E-state index contributed by atoms with van der Waals surface area (Å²) < 4.78 is 82.7. The van der Waals surface area contributed by atoms with Crippen molar-refractivity contribution in [2.24, 2.45) is 0 Å². The molecule has 2 N–H and O–H groups in total. The average molecular weight is 809 g/mol. The number of carboxylic acid groups (broad SMARTS) is 2. The van der Waals surface area contributed by atoms with Crippen LogP contribution in [0.5, 0.6) is 0 Å². The number of hydrogen-bond acceptors (Lipinski definition) is 6. The summed E-state index contributed by atoms with van der Waals surface area (Å²) in [5.41, 5.74) is 5.56. The molecule has 0 atom stereocenters. The molecule has 0 aliphatic rings. The topological polar surface area (TPSA) is 110 Å². The number of carboxylic acids is 2. The lowest BCUT2D eigenvalue weighted by Gasteiger charge is -2.05. The van der Waals surface area contributed by atoms with Crippen LogP contribution < -0.4 is 0 Å². The van der Waals surface area contributed by atoms with Crippen LogP contribution in [0.1, 0.15) is 33.6 Å². The number of alkyl halides is 6. The Morgan fingerprint density at radius 1 is 0.589 bits per heavy atom. The molecule has 4 heterocycles. The van der Waals surface area contributed by atoms with Crippen LogP contribution in [0.4, 0.5) is 26.3 Å². The first-order valence-corrected chi connectivity index (χ1v) is 18.5. The number of hydrogen-bond donors (Lipinski definition) is 2. The van der Waals surface area contributed by atoms with Gasteiger partial charge in [-0.3, -0.25) is 9.59 Å². The lowest BCUT2D eigenvalue weighted by Crippen LogP contribution is -2.09. The quantitative estimate of drug-likeness (QED) is 0.162. The van der Waals surface area contributed by atoms with E-state index in [0.29, 0.717) is 19.4 Å². The van der Waals surface area contributed by atoms with E-state index in [2.05, 4.69) is 9.97 Å². The highest BCUT2D eigenvalue weighted by atomic mass is 32.1. The highest BCUT2D eigenvalue weighted by Gasteiger charge is 2.32. The molecule has 0 saturated carbocycles. The first-order valence-electron chi connectivity index (χ1n) is 16.9. The Morgan fingerprint density at radius 3 is 1.30 bits per heavy atom. The van der Waals surface area contributed by atoms with Gasteiger partial charge in [-0.15, -0.1) is 22.7 Å². The third kappa shape index (κ3) is 7.21. The summed E-state index contributed by atoms with van der Waals surface area (Å²) in [5.74, 6) is -1.93. The second-order valence-electron chi connectivity index (χ2n) is 13.3. The number of benzene rings is 4. The number of aryl methyl sites for hydroxylation is 2. The molecule has 0 radical (unpaired) electrons. The van der Waals surface area contributed by atoms with Crippen molar-refractivity contribution < 1.29 is 46.1 Å². The summed E-state index contributed by atoms with van der Waals surface area (Å²) in [6, 6.07) is 18.5. The normalized spacial score (nSPS) is 12.2. The Bertz CT molecular complexity index is 2670. The van der Waals surface area contributed by atoms with E-state index in [1.54, 1.807) is 23.0 Å². The van der Waals surface area contributed by atoms with Gasteiger partial charge in [-0.2, -0.15) is 26.3 Å². The maximum atomic E-state index is 13.0. The van der Waals surface area contributed by atoms with Crippen molar-refractivity contribution in [3.05, 3.63) is 106 Å². The van der Waals surface area contributed by atoms with Gasteiger partial charge in [0.1, 0.15) is 23.1 Å². The molecular formula is C40H30F6N4O4S2. The number of halogens is 6. The highest BCUT2D eigenvalue weighted by molar-refractivity contribution is 7.22. The molecule has 4 aromatic carbocycles. The van der Waals surface area contributed by atoms with Crippen LogP contribution in [-0.4, -0.2) is 41.3 Å². The van der Waals surface area contributed by atoms with Gasteiger partial charge in [-0.25, -0.2) is 9.97 Å². The second kappa shape index (κ2) is 14.1. The van der Waals surface area contributed by atoms with E-state index < -0.39 is 35.4 Å². The first kappa shape index (κ1) is 38.5. The zero-order valence-electron chi connectivity index (χ0n) is 29.9. The maximum Gasteiger partial charge on any atom is 0.416 e. The number of aromatic nitrogens is 4. The molecule has 16 heteroatoms. The van der Waals surface area contributed by atoms with Crippen molar-refractivity contribution in [2.45, 2.75) is 53.1 Å². The van der Waals surface area contributed by atoms with Gasteiger partial charge in [-0.1, -0.05) is 23.3 Å². The molecule has 8 rings (SSSR count). The fourth-order valence-corrected chi connectivity index (χ4v) is 8.95. The van der Waals surface area contributed by atoms with Crippen molar-refractivity contribution >= 4 is 76.9 Å². The van der Waals surface area contributed by atoms with Gasteiger partial charge in [-0.05, 0) is 88.4 Å². The van der Waals surface area contributed by atoms with Crippen molar-refractivity contribution in [3.63, 3.8) is 0 Å². The number of fused-ring (bicyclic) bond motifs is 4. The van der Waals surface area contributed by atoms with Gasteiger partial charge < -0.3 is 19.3 Å². The minimum atomic E-state index is -4.43. The summed E-state index contributed by atoms with van der Waals surface area (Å²) in [7, 11) is 0. The fourth-order valence-electron chi connectivity index (χ4n) is 6.83. The lowest BCUT2D eigenvalue weighted by molar-refractivity contribution is -0.138. The van der Waals surface area contributed by atoms with Crippen LogP contribution in [0.15, 0.2) is 72.8 Å². The number of nitrogens with zero attached hydrogens (tertiary/aromatic N) is 4. The smallest absolute Gasteiger partial charge is 0.416 e. The largest absolute Gasteiger partial charge is 0.480 e. The minimum Gasteiger partial charge on any atom is -0.480 e. The number of aliphatic carboxylic acids is 2. The molecule has 0 unspecified atom stereocenters. The number of carbonyl (C=O) groups is 2. The van der Waals surface area contributed by atoms with E-state index in [4.69, 9.17) is 0 Å². The van der Waals surface area contributed by atoms with Crippen LogP contribution >= 0.6 is 22.7 Å². The summed E-state index contributed by atoms with van der Waals surface area (Å²) >= 11 is 2.60. The number of thiazole rings is 2. The van der Waals surface area contributed by atoms with Crippen LogP contribution in [0, 0.1) is 27.7 Å². The Morgan fingerprint density at radius 2 is 0.964 bits per heavy atom. The van der Waals surface area contributed by atoms with Crippen molar-refractivity contribution in [3.8, 4) is 21.1 Å². The second-order valence-corrected chi connectivity index (χ2v) is 15.4. The molecule has 0 amide bonds. The summed E-state index contributed by atoms with van der Waals surface area (Å²) in [5, 5.41) is 21.4. The molecule has 8 aromatic rings. The summed E-state index contributed by atoms with van der Waals surface area (Å²) in [4.78, 5) is 31.5. The predicted molar refractivity (Wildman–Crippen MR) is 205 cm³/mol. The number of rotatable bonds is 6. The molecule has 0 spiro atoms. The van der Waals surface area contributed by atoms with E-state index in [-0.39, 0.29) is 24.1 Å². The summed E-state index contributed by atoms with van der Waals surface area (Å²) in [6.45, 7) is 7.08. The van der Waals surface area contributed by atoms with Crippen LogP contribution in [-0.2, 0) is 35.0 Å². The van der Waals surface area contributed by atoms with Crippen LogP contribution in [0.25, 0.3) is 63.4 Å². The molecule has 288 valence electrons. The molecule has 0 aliphatic carbocycles. The SMILES string of the molecule is Cc1ccc2c(c1)c(-c1nc3cc(C(F)(F)F)ccc3s1)c(C)n2CC(=O)O.Cc1ccc2c(c1)c(-c1nc3cc(C(F)(F)F)ccc3s1)c(C)n2CC(=O)O. The maximum absolute atomic E-state index is 13.0. The molecule has 56 heavy (non-hydrogen) atoms. The lowest BCUT2D eigenvalue weighted by atomic mass is 10.1. The first-order chi connectivity index (χ1) is 26.3. The standard InChI is InChI=1S/2C20H15F3N2O2S/c2*1-10-3-5-15-13(7-10)18(11(2)25(15)9-17(26)27)19-24-14-8-12(20(21,22)23)4-6-16(14)28-19/h2*3-8H,9H2,1-2H3,(H,26,27). The van der Waals surface area contributed by atoms with Crippen molar-refractivity contribution in [1.29, 1.82) is 0 Å². The van der Waals surface area contributed by atoms with Gasteiger partial charge in [0.15, 0.2) is 0 Å². The summed E-state index contributed by atoms with van der Waals surface area (Å²) in [6.07, 6.45) is -8.86. The van der Waals surface area contributed by atoms with E-state index in [0.717, 1.165) is 79.7 Å². The Balaban J connectivity index is 0.000000172. The van der Waals surface area contributed by atoms with E-state index in [1.165, 1.54) is 34.8 Å². The van der Waals surface area contributed by atoms with Crippen molar-refractivity contribution in [2.75, 3.05) is 0 Å². The molecule has 0 saturated heterocycles. The zero-order valence-corrected chi connectivity index (χ0v) is 31.6.